The lowest BCUT2D eigenvalue weighted by atomic mass is 9.99. The SMILES string of the molecule is c1ccc(-c2ccc(C3N=C(c4cc(-n5c6cc7ccccc7cc6c6c7ccccc7ccc65)c5oc6ccccc6c5c4)N=C(c4ccc5c(ccc6ccccc65)c4)N3)cc2)cc1. The summed E-state index contributed by atoms with van der Waals surface area (Å²) in [6.07, 6.45) is -0.407. The lowest BCUT2D eigenvalue weighted by molar-refractivity contribution is 0.666. The first-order valence-electron chi connectivity index (χ1n) is 22.5. The van der Waals surface area contributed by atoms with E-state index in [1.165, 1.54) is 54.0 Å². The molecule has 66 heavy (non-hydrogen) atoms. The van der Waals surface area contributed by atoms with Crippen molar-refractivity contribution < 1.29 is 4.42 Å². The number of nitrogens with one attached hydrogen (secondary N) is 1. The highest BCUT2D eigenvalue weighted by Gasteiger charge is 2.26. The largest absolute Gasteiger partial charge is 0.454 e. The Hall–Kier alpha value is -8.80. The summed E-state index contributed by atoms with van der Waals surface area (Å²) in [7, 11) is 0. The minimum atomic E-state index is -0.407. The first-order valence-corrected chi connectivity index (χ1v) is 22.5. The monoisotopic (exact) mass is 842 g/mol. The van der Waals surface area contributed by atoms with E-state index in [9.17, 15) is 0 Å². The van der Waals surface area contributed by atoms with Crippen molar-refractivity contribution in [2.24, 2.45) is 9.98 Å². The van der Waals surface area contributed by atoms with Gasteiger partial charge in [0.15, 0.2) is 11.4 Å². The van der Waals surface area contributed by atoms with E-state index < -0.39 is 6.17 Å². The summed E-state index contributed by atoms with van der Waals surface area (Å²) < 4.78 is 9.31. The number of benzene rings is 11. The normalized spacial score (nSPS) is 14.2. The molecular formula is C61H38N4O. The van der Waals surface area contributed by atoms with E-state index in [-0.39, 0.29) is 0 Å². The molecule has 0 bridgehead atoms. The quantitative estimate of drug-likeness (QED) is 0.176. The maximum absolute atomic E-state index is 6.91. The number of aromatic nitrogens is 1. The van der Waals surface area contributed by atoms with E-state index in [2.05, 4.69) is 222 Å². The molecule has 1 aliphatic rings. The van der Waals surface area contributed by atoms with Crippen molar-refractivity contribution in [1.29, 1.82) is 0 Å². The van der Waals surface area contributed by atoms with Crippen LogP contribution in [0.4, 0.5) is 0 Å². The molecule has 13 aromatic rings. The lowest BCUT2D eigenvalue weighted by Crippen LogP contribution is -2.33. The number of hydrogen-bond donors (Lipinski definition) is 1. The minimum Gasteiger partial charge on any atom is -0.454 e. The highest BCUT2D eigenvalue weighted by Crippen LogP contribution is 2.43. The molecule has 1 N–H and O–H groups in total. The van der Waals surface area contributed by atoms with Gasteiger partial charge in [-0.25, -0.2) is 9.98 Å². The first-order chi connectivity index (χ1) is 32.7. The number of hydrogen-bond acceptors (Lipinski definition) is 4. The summed E-state index contributed by atoms with van der Waals surface area (Å²) in [6, 6.07) is 78.2. The molecule has 1 aliphatic heterocycles. The predicted molar refractivity (Wildman–Crippen MR) is 275 cm³/mol. The third-order valence-electron chi connectivity index (χ3n) is 13.6. The number of aliphatic imine (C=N–C) groups is 2. The number of para-hydroxylation sites is 1. The molecule has 5 nitrogen and oxygen atoms in total. The zero-order valence-electron chi connectivity index (χ0n) is 35.6. The highest BCUT2D eigenvalue weighted by atomic mass is 16.3. The number of furan rings is 1. The third-order valence-corrected chi connectivity index (χ3v) is 13.6. The molecule has 3 heterocycles. The van der Waals surface area contributed by atoms with Gasteiger partial charge in [-0.15, -0.1) is 0 Å². The number of nitrogens with zero attached hydrogens (tertiary/aromatic N) is 3. The second kappa shape index (κ2) is 14.4. The Labute approximate surface area is 379 Å². The van der Waals surface area contributed by atoms with Crippen molar-refractivity contribution in [3.05, 3.63) is 235 Å². The number of fused-ring (bicyclic) bond motifs is 12. The summed E-state index contributed by atoms with van der Waals surface area (Å²) in [5, 5.41) is 17.9. The average molecular weight is 843 g/mol. The molecule has 308 valence electrons. The van der Waals surface area contributed by atoms with Crippen LogP contribution in [0.25, 0.3) is 104 Å². The molecule has 0 fully saturated rings. The van der Waals surface area contributed by atoms with Crippen LogP contribution < -0.4 is 5.32 Å². The average Bonchev–Trinajstić information content (AvgIpc) is 3.93. The fourth-order valence-electron chi connectivity index (χ4n) is 10.4. The van der Waals surface area contributed by atoms with Gasteiger partial charge in [0.1, 0.15) is 17.6 Å². The Morgan fingerprint density at radius 2 is 1.05 bits per heavy atom. The van der Waals surface area contributed by atoms with Crippen LogP contribution in [0, 0.1) is 0 Å². The summed E-state index contributed by atoms with van der Waals surface area (Å²) in [6.45, 7) is 0. The summed E-state index contributed by atoms with van der Waals surface area (Å²) in [4.78, 5) is 10.9. The zero-order valence-corrected chi connectivity index (χ0v) is 35.6. The fraction of sp³-hybridized carbons (Fsp3) is 0.0164. The van der Waals surface area contributed by atoms with E-state index in [0.29, 0.717) is 5.84 Å². The molecule has 5 heteroatoms. The molecule has 1 unspecified atom stereocenters. The van der Waals surface area contributed by atoms with E-state index in [4.69, 9.17) is 14.4 Å². The standard InChI is InChI=1S/C61H38N4O/c1-2-12-37(13-3-1)38-22-25-41(26-23-38)59-62-60(45-28-30-48-44(32-45)27-24-39-14-6-8-18-47(39)48)64-61(63-59)46-34-51-50-20-10-11-21-56(50)66-58(51)55(36-46)65-53-31-29-40-15-7-9-19-49(40)57(53)52-33-42-16-4-5-17-43(42)35-54(52)65/h1-36,59H,(H,62,63,64). The van der Waals surface area contributed by atoms with Gasteiger partial charge in [0.25, 0.3) is 0 Å². The summed E-state index contributed by atoms with van der Waals surface area (Å²) >= 11 is 0. The first kappa shape index (κ1) is 36.7. The van der Waals surface area contributed by atoms with Gasteiger partial charge in [-0.1, -0.05) is 176 Å². The maximum Gasteiger partial charge on any atom is 0.159 e. The minimum absolute atomic E-state index is 0.407. The molecule has 2 aromatic heterocycles. The van der Waals surface area contributed by atoms with Gasteiger partial charge in [-0.2, -0.15) is 0 Å². The van der Waals surface area contributed by atoms with E-state index in [0.717, 1.165) is 72.1 Å². The van der Waals surface area contributed by atoms with Crippen LogP contribution >= 0.6 is 0 Å². The Kier molecular flexibility index (Phi) is 7.98. The topological polar surface area (TPSA) is 54.8 Å². The van der Waals surface area contributed by atoms with E-state index in [1.807, 2.05) is 6.07 Å². The summed E-state index contributed by atoms with van der Waals surface area (Å²) in [5.41, 5.74) is 10.1. The van der Waals surface area contributed by atoms with Crippen molar-refractivity contribution in [3.63, 3.8) is 0 Å². The van der Waals surface area contributed by atoms with Gasteiger partial charge in [-0.05, 0) is 102 Å². The van der Waals surface area contributed by atoms with Gasteiger partial charge < -0.3 is 14.3 Å². The van der Waals surface area contributed by atoms with Crippen LogP contribution in [0.5, 0.6) is 0 Å². The molecule has 0 saturated carbocycles. The van der Waals surface area contributed by atoms with Crippen LogP contribution in [0.15, 0.2) is 233 Å². The van der Waals surface area contributed by atoms with E-state index in [1.54, 1.807) is 0 Å². The van der Waals surface area contributed by atoms with Crippen molar-refractivity contribution in [1.82, 2.24) is 9.88 Å². The molecule has 0 spiro atoms. The third kappa shape index (κ3) is 5.73. The Bertz CT molecular complexity index is 4200. The lowest BCUT2D eigenvalue weighted by Gasteiger charge is -2.24. The van der Waals surface area contributed by atoms with Gasteiger partial charge in [0, 0.05) is 32.7 Å². The van der Waals surface area contributed by atoms with Crippen LogP contribution in [0.1, 0.15) is 22.9 Å². The van der Waals surface area contributed by atoms with Crippen molar-refractivity contribution in [2.45, 2.75) is 6.17 Å². The molecule has 11 aromatic carbocycles. The number of amidine groups is 2. The van der Waals surface area contributed by atoms with Crippen molar-refractivity contribution >= 4 is 98.5 Å². The zero-order chi connectivity index (χ0) is 43.3. The van der Waals surface area contributed by atoms with Crippen LogP contribution in [0.2, 0.25) is 0 Å². The van der Waals surface area contributed by atoms with Gasteiger partial charge in [-0.3, -0.25) is 0 Å². The smallest absolute Gasteiger partial charge is 0.159 e. The predicted octanol–water partition coefficient (Wildman–Crippen LogP) is 15.5. The molecule has 14 rings (SSSR count). The van der Waals surface area contributed by atoms with Crippen LogP contribution in [-0.2, 0) is 0 Å². The Morgan fingerprint density at radius 1 is 0.409 bits per heavy atom. The Balaban J connectivity index is 1.02. The number of rotatable bonds is 5. The molecule has 0 radical (unpaired) electrons. The molecular weight excluding hydrogens is 805 g/mol. The Morgan fingerprint density at radius 3 is 1.88 bits per heavy atom. The molecule has 0 amide bonds. The van der Waals surface area contributed by atoms with Crippen molar-refractivity contribution in [2.75, 3.05) is 0 Å². The summed E-state index contributed by atoms with van der Waals surface area (Å²) in [5.74, 6) is 1.41. The molecule has 1 atom stereocenters. The maximum atomic E-state index is 6.91. The molecule has 0 saturated heterocycles. The second-order valence-corrected chi connectivity index (χ2v) is 17.4. The molecule has 0 aliphatic carbocycles. The van der Waals surface area contributed by atoms with Gasteiger partial charge >= 0.3 is 0 Å². The fourth-order valence-corrected chi connectivity index (χ4v) is 10.4. The van der Waals surface area contributed by atoms with E-state index >= 15 is 0 Å². The van der Waals surface area contributed by atoms with Crippen molar-refractivity contribution in [3.8, 4) is 16.8 Å². The van der Waals surface area contributed by atoms with Gasteiger partial charge in [0.2, 0.25) is 0 Å². The highest BCUT2D eigenvalue weighted by molar-refractivity contribution is 6.24. The van der Waals surface area contributed by atoms with Gasteiger partial charge in [0.05, 0.1) is 16.7 Å². The van der Waals surface area contributed by atoms with Crippen LogP contribution in [0.3, 0.4) is 0 Å². The second-order valence-electron chi connectivity index (χ2n) is 17.4. The van der Waals surface area contributed by atoms with Crippen LogP contribution in [-0.4, -0.2) is 16.2 Å².